The molecule has 1 spiro atoms. The Labute approximate surface area is 189 Å². The van der Waals surface area contributed by atoms with Crippen LogP contribution in [0.3, 0.4) is 0 Å². The zero-order chi connectivity index (χ0) is 23.0. The molecular weight excluding hydrogens is 436 g/mol. The molecule has 0 saturated carbocycles. The van der Waals surface area contributed by atoms with Crippen LogP contribution in [-0.4, -0.2) is 38.0 Å². The summed E-state index contributed by atoms with van der Waals surface area (Å²) in [5, 5.41) is 9.31. The summed E-state index contributed by atoms with van der Waals surface area (Å²) in [4.78, 5) is 38.4. The van der Waals surface area contributed by atoms with Crippen LogP contribution in [0.5, 0.6) is 11.5 Å². The second-order valence-corrected chi connectivity index (χ2v) is 8.24. The Morgan fingerprint density at radius 3 is 2.69 bits per heavy atom. The highest BCUT2D eigenvalue weighted by atomic mass is 35.5. The number of rotatable bonds is 6. The third-order valence-electron chi connectivity index (χ3n) is 5.92. The highest BCUT2D eigenvalue weighted by molar-refractivity contribution is 6.31. The van der Waals surface area contributed by atoms with Gasteiger partial charge in [-0.2, -0.15) is 0 Å². The largest absolute Gasteiger partial charge is 0.497 e. The van der Waals surface area contributed by atoms with E-state index in [9.17, 15) is 14.4 Å². The lowest BCUT2D eigenvalue weighted by atomic mass is 9.79. The smallest absolute Gasteiger partial charge is 0.250 e. The summed E-state index contributed by atoms with van der Waals surface area (Å²) < 4.78 is 10.6. The molecule has 2 aliphatic rings. The molecule has 1 saturated heterocycles. The SMILES string of the molecule is COc1ccc(OC)c(NC(=O)[C@@H]2C[C@H](CC(N)=O)N[C@@]23C(=O)Nc2ccc(Cl)cc23)c1. The Hall–Kier alpha value is -3.30. The van der Waals surface area contributed by atoms with Crippen molar-refractivity contribution in [2.45, 2.75) is 24.4 Å². The predicted molar refractivity (Wildman–Crippen MR) is 119 cm³/mol. The van der Waals surface area contributed by atoms with Gasteiger partial charge in [0.15, 0.2) is 0 Å². The second-order valence-electron chi connectivity index (χ2n) is 7.81. The number of halogens is 1. The molecule has 32 heavy (non-hydrogen) atoms. The maximum atomic E-state index is 13.5. The minimum absolute atomic E-state index is 0.0167. The summed E-state index contributed by atoms with van der Waals surface area (Å²) in [6.45, 7) is 0. The molecule has 3 atom stereocenters. The summed E-state index contributed by atoms with van der Waals surface area (Å²) in [7, 11) is 3.00. The first kappa shape index (κ1) is 21.9. The number of carbonyl (C=O) groups excluding carboxylic acids is 3. The molecule has 2 heterocycles. The first-order valence-corrected chi connectivity index (χ1v) is 10.4. The van der Waals surface area contributed by atoms with Crippen LogP contribution in [-0.2, 0) is 19.9 Å². The average Bonchev–Trinajstić information content (AvgIpc) is 3.26. The van der Waals surface area contributed by atoms with Crippen LogP contribution in [0, 0.1) is 5.92 Å². The van der Waals surface area contributed by atoms with Gasteiger partial charge in [0.25, 0.3) is 0 Å². The van der Waals surface area contributed by atoms with Crippen molar-refractivity contribution in [3.8, 4) is 11.5 Å². The Morgan fingerprint density at radius 2 is 2.00 bits per heavy atom. The Balaban J connectivity index is 1.75. The van der Waals surface area contributed by atoms with Crippen molar-refractivity contribution in [3.63, 3.8) is 0 Å². The summed E-state index contributed by atoms with van der Waals surface area (Å²) in [5.74, 6) is -1.21. The number of fused-ring (bicyclic) bond motifs is 2. The molecule has 10 heteroatoms. The lowest BCUT2D eigenvalue weighted by Gasteiger charge is -2.29. The topological polar surface area (TPSA) is 132 Å². The van der Waals surface area contributed by atoms with E-state index in [-0.39, 0.29) is 18.7 Å². The monoisotopic (exact) mass is 458 g/mol. The highest BCUT2D eigenvalue weighted by Crippen LogP contribution is 2.48. The maximum absolute atomic E-state index is 13.5. The molecule has 5 N–H and O–H groups in total. The van der Waals surface area contributed by atoms with Crippen LogP contribution in [0.1, 0.15) is 18.4 Å². The van der Waals surface area contributed by atoms with Crippen LogP contribution in [0.25, 0.3) is 0 Å². The van der Waals surface area contributed by atoms with E-state index in [1.807, 2.05) is 0 Å². The predicted octanol–water partition coefficient (Wildman–Crippen LogP) is 2.00. The van der Waals surface area contributed by atoms with Crippen molar-refractivity contribution in [3.05, 3.63) is 47.0 Å². The van der Waals surface area contributed by atoms with E-state index in [1.165, 1.54) is 14.2 Å². The number of anilines is 2. The first-order chi connectivity index (χ1) is 15.3. The minimum atomic E-state index is -1.39. The van der Waals surface area contributed by atoms with Crippen LogP contribution < -0.4 is 31.2 Å². The molecule has 0 unspecified atom stereocenters. The molecule has 1 fully saturated rings. The van der Waals surface area contributed by atoms with Gasteiger partial charge in [0.1, 0.15) is 17.0 Å². The Kier molecular flexibility index (Phi) is 5.70. The molecule has 0 bridgehead atoms. The molecule has 3 amide bonds. The number of ether oxygens (including phenoxy) is 2. The number of benzene rings is 2. The van der Waals surface area contributed by atoms with E-state index in [4.69, 9.17) is 26.8 Å². The zero-order valence-electron chi connectivity index (χ0n) is 17.5. The van der Waals surface area contributed by atoms with E-state index in [0.717, 1.165) is 0 Å². The normalized spacial score (nSPS) is 23.5. The molecule has 2 aliphatic heterocycles. The Morgan fingerprint density at radius 1 is 1.22 bits per heavy atom. The summed E-state index contributed by atoms with van der Waals surface area (Å²) >= 11 is 6.21. The fourth-order valence-electron chi connectivity index (χ4n) is 4.54. The van der Waals surface area contributed by atoms with E-state index < -0.39 is 29.3 Å². The van der Waals surface area contributed by atoms with Crippen LogP contribution in [0.4, 0.5) is 11.4 Å². The van der Waals surface area contributed by atoms with Gasteiger partial charge in [-0.3, -0.25) is 19.7 Å². The number of amides is 3. The number of hydrogen-bond acceptors (Lipinski definition) is 6. The van der Waals surface area contributed by atoms with Gasteiger partial charge >= 0.3 is 0 Å². The summed E-state index contributed by atoms with van der Waals surface area (Å²) in [6, 6.07) is 9.54. The third kappa shape index (κ3) is 3.63. The van der Waals surface area contributed by atoms with Gasteiger partial charge in [0, 0.05) is 34.8 Å². The number of nitrogens with one attached hydrogen (secondary N) is 3. The third-order valence-corrected chi connectivity index (χ3v) is 6.15. The molecule has 2 aromatic rings. The molecule has 0 aromatic heterocycles. The second kappa shape index (κ2) is 8.33. The van der Waals surface area contributed by atoms with Gasteiger partial charge in [-0.25, -0.2) is 0 Å². The van der Waals surface area contributed by atoms with Crippen molar-refractivity contribution in [1.29, 1.82) is 0 Å². The molecule has 0 aliphatic carbocycles. The van der Waals surface area contributed by atoms with Gasteiger partial charge in [-0.1, -0.05) is 11.6 Å². The van der Waals surface area contributed by atoms with E-state index in [1.54, 1.807) is 36.4 Å². The molecule has 168 valence electrons. The quantitative estimate of drug-likeness (QED) is 0.523. The average molecular weight is 459 g/mol. The van der Waals surface area contributed by atoms with E-state index >= 15 is 0 Å². The van der Waals surface area contributed by atoms with Crippen molar-refractivity contribution in [1.82, 2.24) is 5.32 Å². The van der Waals surface area contributed by atoms with Crippen LogP contribution >= 0.6 is 11.6 Å². The maximum Gasteiger partial charge on any atom is 0.250 e. The molecule has 2 aromatic carbocycles. The highest BCUT2D eigenvalue weighted by Gasteiger charge is 2.60. The van der Waals surface area contributed by atoms with Crippen LogP contribution in [0.2, 0.25) is 5.02 Å². The molecule has 9 nitrogen and oxygen atoms in total. The standard InChI is InChI=1S/C22H23ClN4O5/c1-31-13-4-6-18(32-2)17(10-13)25-20(29)15-8-12(9-19(24)28)27-22(15)14-7-11(23)3-5-16(14)26-21(22)30/h3-7,10,12,15,27H,8-9H2,1-2H3,(H2,24,28)(H,25,29)(H,26,30)/t12-,15+,22-/m1/s1. The number of carbonyl (C=O) groups is 3. The number of hydrogen-bond donors (Lipinski definition) is 4. The molecular formula is C22H23ClN4O5. The van der Waals surface area contributed by atoms with Crippen molar-refractivity contribution in [2.75, 3.05) is 24.9 Å². The molecule has 4 rings (SSSR count). The van der Waals surface area contributed by atoms with Gasteiger partial charge in [0.05, 0.1) is 25.8 Å². The summed E-state index contributed by atoms with van der Waals surface area (Å²) in [6.07, 6.45) is 0.206. The zero-order valence-corrected chi connectivity index (χ0v) is 18.3. The summed E-state index contributed by atoms with van der Waals surface area (Å²) in [5.41, 5.74) is 5.52. The minimum Gasteiger partial charge on any atom is -0.497 e. The lowest BCUT2D eigenvalue weighted by Crippen LogP contribution is -2.52. The van der Waals surface area contributed by atoms with Gasteiger partial charge in [-0.05, 0) is 36.8 Å². The number of primary amides is 1. The fourth-order valence-corrected chi connectivity index (χ4v) is 4.71. The van der Waals surface area contributed by atoms with Gasteiger partial charge in [-0.15, -0.1) is 0 Å². The van der Waals surface area contributed by atoms with Crippen LogP contribution in [0.15, 0.2) is 36.4 Å². The number of methoxy groups -OCH3 is 2. The number of nitrogens with two attached hydrogens (primary N) is 1. The van der Waals surface area contributed by atoms with Crippen molar-refractivity contribution in [2.24, 2.45) is 11.7 Å². The first-order valence-electron chi connectivity index (χ1n) is 9.99. The van der Waals surface area contributed by atoms with Gasteiger partial charge < -0.3 is 25.8 Å². The van der Waals surface area contributed by atoms with E-state index in [0.29, 0.717) is 33.5 Å². The van der Waals surface area contributed by atoms with Crippen molar-refractivity contribution >= 4 is 40.7 Å². The molecule has 0 radical (unpaired) electrons. The van der Waals surface area contributed by atoms with E-state index in [2.05, 4.69) is 16.0 Å². The fraction of sp³-hybridized carbons (Fsp3) is 0.318. The van der Waals surface area contributed by atoms with Gasteiger partial charge in [0.2, 0.25) is 17.7 Å². The van der Waals surface area contributed by atoms with Crippen molar-refractivity contribution < 1.29 is 23.9 Å². The Bertz CT molecular complexity index is 1110. The lowest BCUT2D eigenvalue weighted by molar-refractivity contribution is -0.130.